The van der Waals surface area contributed by atoms with E-state index < -0.39 is 17.5 Å². The maximum absolute atomic E-state index is 12.9. The van der Waals surface area contributed by atoms with Crippen LogP contribution in [0.2, 0.25) is 0 Å². The third kappa shape index (κ3) is 6.32. The molecule has 0 aromatic heterocycles. The molecule has 0 aliphatic heterocycles. The van der Waals surface area contributed by atoms with E-state index in [0.717, 1.165) is 25.1 Å². The molecule has 1 aromatic rings. The lowest BCUT2D eigenvalue weighted by molar-refractivity contribution is -0.137. The van der Waals surface area contributed by atoms with Gasteiger partial charge in [-0.1, -0.05) is 0 Å². The predicted molar refractivity (Wildman–Crippen MR) is 90.2 cm³/mol. The summed E-state index contributed by atoms with van der Waals surface area (Å²) in [6, 6.07) is 6.34. The van der Waals surface area contributed by atoms with Crippen molar-refractivity contribution >= 4 is 17.1 Å². The molecule has 25 heavy (non-hydrogen) atoms. The smallest absolute Gasteiger partial charge is 0.373 e. The first-order valence-electron chi connectivity index (χ1n) is 7.40. The van der Waals surface area contributed by atoms with Gasteiger partial charge in [0.2, 0.25) is 5.71 Å². The normalized spacial score (nSPS) is 10.8. The van der Waals surface area contributed by atoms with E-state index in [1.807, 2.05) is 19.0 Å². The Labute approximate surface area is 144 Å². The van der Waals surface area contributed by atoms with Crippen molar-refractivity contribution in [1.82, 2.24) is 4.90 Å². The third-order valence-corrected chi connectivity index (χ3v) is 3.33. The molecule has 0 aliphatic carbocycles. The van der Waals surface area contributed by atoms with Gasteiger partial charge in [-0.25, -0.2) is 0 Å². The molecule has 0 saturated carbocycles. The molecule has 0 unspecified atom stereocenters. The highest BCUT2D eigenvalue weighted by atomic mass is 19.4. The van der Waals surface area contributed by atoms with Gasteiger partial charge < -0.3 is 9.80 Å². The van der Waals surface area contributed by atoms with Crippen LogP contribution in [-0.2, 0) is 6.18 Å². The number of nitrogens with one attached hydrogen (secondary N) is 1. The maximum Gasteiger partial charge on any atom is 0.416 e. The lowest BCUT2D eigenvalue weighted by Gasteiger charge is -2.24. The van der Waals surface area contributed by atoms with E-state index in [1.54, 1.807) is 24.1 Å². The molecule has 1 rings (SSSR count). The Morgan fingerprint density at radius 1 is 1.16 bits per heavy atom. The highest BCUT2D eigenvalue weighted by Gasteiger charge is 2.31. The number of halogens is 3. The van der Waals surface area contributed by atoms with E-state index >= 15 is 0 Å². The number of hydrogen-bond donors (Lipinski definition) is 1. The van der Waals surface area contributed by atoms with E-state index in [2.05, 4.69) is 10.5 Å². The number of alkyl halides is 3. The van der Waals surface area contributed by atoms with E-state index in [4.69, 9.17) is 10.5 Å². The molecule has 0 bridgehead atoms. The van der Waals surface area contributed by atoms with E-state index in [-0.39, 0.29) is 5.69 Å². The van der Waals surface area contributed by atoms with E-state index in [0.29, 0.717) is 12.2 Å². The summed E-state index contributed by atoms with van der Waals surface area (Å²) >= 11 is 0. The average molecular weight is 352 g/mol. The Hall–Kier alpha value is -2.78. The molecule has 1 N–H and O–H groups in total. The van der Waals surface area contributed by atoms with Gasteiger partial charge in [0.05, 0.1) is 16.9 Å². The quantitative estimate of drug-likeness (QED) is 0.603. The summed E-state index contributed by atoms with van der Waals surface area (Å²) in [5.74, 6) is 0. The van der Waals surface area contributed by atoms with Crippen molar-refractivity contribution < 1.29 is 13.2 Å². The molecule has 0 heterocycles. The summed E-state index contributed by atoms with van der Waals surface area (Å²) in [5, 5.41) is 20.9. The van der Waals surface area contributed by atoms with Crippen LogP contribution in [0.25, 0.3) is 0 Å². The van der Waals surface area contributed by atoms with Crippen LogP contribution in [0.5, 0.6) is 0 Å². The van der Waals surface area contributed by atoms with Crippen LogP contribution in [0.3, 0.4) is 0 Å². The second-order valence-electron chi connectivity index (χ2n) is 5.60. The Balaban J connectivity index is 3.12. The largest absolute Gasteiger partial charge is 0.416 e. The van der Waals surface area contributed by atoms with Gasteiger partial charge in [0.15, 0.2) is 0 Å². The molecule has 9 heteroatoms. The van der Waals surface area contributed by atoms with Gasteiger partial charge in [-0.15, -0.1) is 0 Å². The minimum absolute atomic E-state index is 0.0742. The van der Waals surface area contributed by atoms with Crippen LogP contribution in [-0.4, -0.2) is 44.8 Å². The molecule has 0 aliphatic rings. The highest BCUT2D eigenvalue weighted by molar-refractivity contribution is 6.10. The monoisotopic (exact) mass is 352 g/mol. The number of benzene rings is 1. The number of nitriles is 2. The lowest BCUT2D eigenvalue weighted by atomic mass is 10.1. The van der Waals surface area contributed by atoms with Gasteiger partial charge in [0.25, 0.3) is 0 Å². The minimum atomic E-state index is -4.50. The van der Waals surface area contributed by atoms with Gasteiger partial charge in [0, 0.05) is 13.6 Å². The molecular weight excluding hydrogens is 333 g/mol. The zero-order valence-electron chi connectivity index (χ0n) is 14.2. The van der Waals surface area contributed by atoms with Gasteiger partial charge in [-0.3, -0.25) is 5.43 Å². The van der Waals surface area contributed by atoms with Gasteiger partial charge in [0.1, 0.15) is 12.1 Å². The van der Waals surface area contributed by atoms with Crippen LogP contribution in [0, 0.1) is 22.7 Å². The van der Waals surface area contributed by atoms with E-state index in [9.17, 15) is 13.2 Å². The summed E-state index contributed by atoms with van der Waals surface area (Å²) in [6.07, 6.45) is -3.69. The molecule has 0 atom stereocenters. The first-order valence-corrected chi connectivity index (χ1v) is 7.40. The minimum Gasteiger partial charge on any atom is -0.373 e. The Kier molecular flexibility index (Phi) is 7.22. The number of anilines is 2. The van der Waals surface area contributed by atoms with Crippen molar-refractivity contribution in [2.24, 2.45) is 5.10 Å². The van der Waals surface area contributed by atoms with Crippen molar-refractivity contribution in [2.45, 2.75) is 12.6 Å². The van der Waals surface area contributed by atoms with E-state index in [1.165, 1.54) is 6.07 Å². The molecule has 0 fully saturated rings. The fourth-order valence-electron chi connectivity index (χ4n) is 2.07. The first kappa shape index (κ1) is 20.3. The third-order valence-electron chi connectivity index (χ3n) is 3.33. The molecule has 1 aromatic carbocycles. The number of hydrazone groups is 1. The van der Waals surface area contributed by atoms with Crippen molar-refractivity contribution in [3.8, 4) is 12.1 Å². The maximum atomic E-state index is 12.9. The van der Waals surface area contributed by atoms with Crippen LogP contribution >= 0.6 is 0 Å². The van der Waals surface area contributed by atoms with Crippen molar-refractivity contribution in [3.63, 3.8) is 0 Å². The highest BCUT2D eigenvalue weighted by Crippen LogP contribution is 2.35. The van der Waals surface area contributed by atoms with Crippen LogP contribution < -0.4 is 10.3 Å². The average Bonchev–Trinajstić information content (AvgIpc) is 2.54. The van der Waals surface area contributed by atoms with Gasteiger partial charge >= 0.3 is 6.18 Å². The summed E-state index contributed by atoms with van der Waals surface area (Å²) in [5.41, 5.74) is 1.65. The van der Waals surface area contributed by atoms with Gasteiger partial charge in [-0.05, 0) is 45.3 Å². The summed E-state index contributed by atoms with van der Waals surface area (Å²) in [6.45, 7) is 1.45. The van der Waals surface area contributed by atoms with Crippen LogP contribution in [0.1, 0.15) is 12.0 Å². The predicted octanol–water partition coefficient (Wildman–Crippen LogP) is 2.91. The van der Waals surface area contributed by atoms with Gasteiger partial charge in [-0.2, -0.15) is 28.8 Å². The van der Waals surface area contributed by atoms with Crippen molar-refractivity contribution in [2.75, 3.05) is 44.6 Å². The molecule has 0 spiro atoms. The Morgan fingerprint density at radius 3 is 2.32 bits per heavy atom. The Bertz CT molecular complexity index is 681. The number of rotatable bonds is 7. The second-order valence-corrected chi connectivity index (χ2v) is 5.60. The van der Waals surface area contributed by atoms with Crippen molar-refractivity contribution in [3.05, 3.63) is 23.8 Å². The number of nitrogens with zero attached hydrogens (tertiary/aromatic N) is 5. The molecule has 134 valence electrons. The fourth-order valence-corrected chi connectivity index (χ4v) is 2.07. The molecule has 0 saturated heterocycles. The molecular formula is C16H19F3N6. The summed E-state index contributed by atoms with van der Waals surface area (Å²) in [4.78, 5) is 3.80. The second kappa shape index (κ2) is 8.90. The van der Waals surface area contributed by atoms with Crippen molar-refractivity contribution in [1.29, 1.82) is 10.5 Å². The lowest BCUT2D eigenvalue weighted by Crippen LogP contribution is -2.24. The topological polar surface area (TPSA) is 78.4 Å². The number of hydrogen-bond acceptors (Lipinski definition) is 6. The standard InChI is InChI=1S/C16H19F3N6/c1-24(2)7-4-8-25(3)15-6-5-12(16(17,18)19)9-14(15)23-22-13(10-20)11-21/h5-6,9,23H,4,7-8H2,1-3H3. The first-order chi connectivity index (χ1) is 11.7. The zero-order chi connectivity index (χ0) is 19.0. The zero-order valence-corrected chi connectivity index (χ0v) is 14.2. The Morgan fingerprint density at radius 2 is 1.80 bits per heavy atom. The summed E-state index contributed by atoms with van der Waals surface area (Å²) in [7, 11) is 5.62. The molecule has 0 radical (unpaired) electrons. The fraction of sp³-hybridized carbons (Fsp3) is 0.438. The SMILES string of the molecule is CN(C)CCCN(C)c1ccc(C(F)(F)F)cc1NN=C(C#N)C#N. The van der Waals surface area contributed by atoms with Crippen LogP contribution in [0.4, 0.5) is 24.5 Å². The van der Waals surface area contributed by atoms with Crippen LogP contribution in [0.15, 0.2) is 23.3 Å². The summed E-state index contributed by atoms with van der Waals surface area (Å²) < 4.78 is 38.8. The molecule has 0 amide bonds. The molecule has 6 nitrogen and oxygen atoms in total.